The summed E-state index contributed by atoms with van der Waals surface area (Å²) in [5.41, 5.74) is 1.97. The van der Waals surface area contributed by atoms with E-state index in [1.165, 1.54) is 0 Å². The highest BCUT2D eigenvalue weighted by molar-refractivity contribution is 6.14. The average molecular weight is 294 g/mol. The second-order valence-corrected chi connectivity index (χ2v) is 4.93. The number of fused-ring (bicyclic) bond motifs is 1. The number of nitrogens with zero attached hydrogens (tertiary/aromatic N) is 3. The summed E-state index contributed by atoms with van der Waals surface area (Å²) >= 11 is 0. The number of para-hydroxylation sites is 1. The molecule has 6 nitrogen and oxygen atoms in total. The van der Waals surface area contributed by atoms with Crippen LogP contribution in [0.4, 0.5) is 4.79 Å². The number of nitriles is 1. The maximum Gasteiger partial charge on any atom is 0.328 e. The summed E-state index contributed by atoms with van der Waals surface area (Å²) in [5.74, 6) is -0.329. The zero-order valence-corrected chi connectivity index (χ0v) is 12.0. The van der Waals surface area contributed by atoms with E-state index in [0.29, 0.717) is 6.54 Å². The van der Waals surface area contributed by atoms with Crippen LogP contribution in [-0.4, -0.2) is 28.0 Å². The lowest BCUT2D eigenvalue weighted by Gasteiger charge is -2.05. The fourth-order valence-electron chi connectivity index (χ4n) is 2.61. The van der Waals surface area contributed by atoms with Gasteiger partial charge in [-0.15, -0.1) is 0 Å². The Morgan fingerprint density at radius 3 is 2.77 bits per heavy atom. The third-order valence-electron chi connectivity index (χ3n) is 3.64. The molecule has 1 fully saturated rings. The lowest BCUT2D eigenvalue weighted by atomic mass is 10.1. The van der Waals surface area contributed by atoms with E-state index in [2.05, 4.69) is 11.4 Å². The smallest absolute Gasteiger partial charge is 0.328 e. The standard InChI is InChI=1S/C16H14N4O2/c1-2-20-15(21)13(18-16(20)22)9-11-10-19(8-7-17)14-6-4-3-5-12(11)14/h3-6,9-10H,2,8H2,1H3,(H,18,22)/b13-9+. The Labute approximate surface area is 127 Å². The maximum absolute atomic E-state index is 12.1. The topological polar surface area (TPSA) is 78.1 Å². The van der Waals surface area contributed by atoms with Gasteiger partial charge in [-0.1, -0.05) is 18.2 Å². The Balaban J connectivity index is 2.08. The van der Waals surface area contributed by atoms with Crippen molar-refractivity contribution in [2.45, 2.75) is 13.5 Å². The molecule has 1 aromatic carbocycles. The Bertz CT molecular complexity index is 841. The van der Waals surface area contributed by atoms with Gasteiger partial charge in [-0.05, 0) is 19.1 Å². The lowest BCUT2D eigenvalue weighted by Crippen LogP contribution is -2.30. The second-order valence-electron chi connectivity index (χ2n) is 4.93. The molecule has 1 saturated heterocycles. The number of imide groups is 1. The van der Waals surface area contributed by atoms with Crippen molar-refractivity contribution in [2.24, 2.45) is 0 Å². The highest BCUT2D eigenvalue weighted by atomic mass is 16.2. The van der Waals surface area contributed by atoms with Crippen LogP contribution in [0.2, 0.25) is 0 Å². The molecule has 1 aliphatic rings. The number of aromatic nitrogens is 1. The van der Waals surface area contributed by atoms with E-state index in [4.69, 9.17) is 5.26 Å². The SMILES string of the molecule is CCN1C(=O)N/C(=C/c2cn(CC#N)c3ccccc23)C1=O. The fourth-order valence-corrected chi connectivity index (χ4v) is 2.61. The van der Waals surface area contributed by atoms with Gasteiger partial charge in [0.15, 0.2) is 0 Å². The Morgan fingerprint density at radius 1 is 1.32 bits per heavy atom. The zero-order valence-electron chi connectivity index (χ0n) is 12.0. The predicted octanol–water partition coefficient (Wildman–Crippen LogP) is 2.08. The summed E-state index contributed by atoms with van der Waals surface area (Å²) < 4.78 is 1.82. The number of benzene rings is 1. The minimum absolute atomic E-state index is 0.227. The van der Waals surface area contributed by atoms with Gasteiger partial charge in [0.05, 0.1) is 6.07 Å². The van der Waals surface area contributed by atoms with E-state index < -0.39 is 6.03 Å². The van der Waals surface area contributed by atoms with Crippen molar-refractivity contribution in [2.75, 3.05) is 6.54 Å². The molecule has 0 atom stereocenters. The largest absolute Gasteiger partial charge is 0.333 e. The van der Waals surface area contributed by atoms with Crippen molar-refractivity contribution >= 4 is 28.9 Å². The highest BCUT2D eigenvalue weighted by Crippen LogP contribution is 2.24. The molecule has 1 aliphatic heterocycles. The van der Waals surface area contributed by atoms with Gasteiger partial charge in [0.25, 0.3) is 5.91 Å². The van der Waals surface area contributed by atoms with Crippen LogP contribution in [-0.2, 0) is 11.3 Å². The summed E-state index contributed by atoms with van der Waals surface area (Å²) in [6, 6.07) is 9.35. The first-order valence-electron chi connectivity index (χ1n) is 6.95. The summed E-state index contributed by atoms with van der Waals surface area (Å²) in [6.07, 6.45) is 3.47. The molecule has 6 heteroatoms. The molecule has 0 saturated carbocycles. The number of urea groups is 1. The van der Waals surface area contributed by atoms with Crippen LogP contribution in [0.3, 0.4) is 0 Å². The van der Waals surface area contributed by atoms with Gasteiger partial charge in [-0.25, -0.2) is 4.79 Å². The molecule has 2 heterocycles. The van der Waals surface area contributed by atoms with Crippen LogP contribution < -0.4 is 5.32 Å². The van der Waals surface area contributed by atoms with E-state index in [0.717, 1.165) is 21.4 Å². The third kappa shape index (κ3) is 2.13. The molecule has 2 aromatic rings. The lowest BCUT2D eigenvalue weighted by molar-refractivity contribution is -0.122. The third-order valence-corrected chi connectivity index (χ3v) is 3.64. The Morgan fingerprint density at radius 2 is 2.09 bits per heavy atom. The number of likely N-dealkylation sites (N-methyl/N-ethyl adjacent to an activating group) is 1. The van der Waals surface area contributed by atoms with Gasteiger partial charge in [-0.2, -0.15) is 5.26 Å². The summed E-state index contributed by atoms with van der Waals surface area (Å²) in [5, 5.41) is 12.4. The molecule has 0 spiro atoms. The molecule has 0 unspecified atom stereocenters. The summed E-state index contributed by atoms with van der Waals surface area (Å²) in [4.78, 5) is 25.0. The number of rotatable bonds is 3. The van der Waals surface area contributed by atoms with Gasteiger partial charge in [0, 0.05) is 29.2 Å². The number of hydrogen-bond acceptors (Lipinski definition) is 3. The molecule has 3 amide bonds. The number of nitrogens with one attached hydrogen (secondary N) is 1. The van der Waals surface area contributed by atoms with Crippen molar-refractivity contribution in [1.29, 1.82) is 5.26 Å². The monoisotopic (exact) mass is 294 g/mol. The van der Waals surface area contributed by atoms with E-state index in [-0.39, 0.29) is 18.1 Å². The number of amides is 3. The quantitative estimate of drug-likeness (QED) is 0.695. The summed E-state index contributed by atoms with van der Waals surface area (Å²) in [7, 11) is 0. The van der Waals surface area contributed by atoms with Crippen LogP contribution in [0.5, 0.6) is 0 Å². The molecule has 3 rings (SSSR count). The minimum Gasteiger partial charge on any atom is -0.333 e. The highest BCUT2D eigenvalue weighted by Gasteiger charge is 2.32. The molecule has 1 aromatic heterocycles. The number of carbonyl (C=O) groups is 2. The Hall–Kier alpha value is -3.07. The molecule has 22 heavy (non-hydrogen) atoms. The van der Waals surface area contributed by atoms with E-state index in [9.17, 15) is 9.59 Å². The minimum atomic E-state index is -0.403. The number of carbonyl (C=O) groups excluding carboxylic acids is 2. The van der Waals surface area contributed by atoms with Crippen LogP contribution in [0.15, 0.2) is 36.2 Å². The molecule has 0 radical (unpaired) electrons. The van der Waals surface area contributed by atoms with Gasteiger partial charge in [-0.3, -0.25) is 9.69 Å². The van der Waals surface area contributed by atoms with Crippen LogP contribution in [0.1, 0.15) is 12.5 Å². The Kier molecular flexibility index (Phi) is 3.39. The zero-order chi connectivity index (χ0) is 15.7. The van der Waals surface area contributed by atoms with Gasteiger partial charge < -0.3 is 9.88 Å². The molecule has 0 aliphatic carbocycles. The average Bonchev–Trinajstić information content (AvgIpc) is 2.99. The molecule has 0 bridgehead atoms. The van der Waals surface area contributed by atoms with Crippen LogP contribution in [0, 0.1) is 11.3 Å². The maximum atomic E-state index is 12.1. The first kappa shape index (κ1) is 13.9. The van der Waals surface area contributed by atoms with Crippen LogP contribution in [0.25, 0.3) is 17.0 Å². The van der Waals surface area contributed by atoms with Crippen molar-refractivity contribution in [3.63, 3.8) is 0 Å². The van der Waals surface area contributed by atoms with Crippen molar-refractivity contribution in [1.82, 2.24) is 14.8 Å². The second kappa shape index (κ2) is 5.37. The van der Waals surface area contributed by atoms with Crippen molar-refractivity contribution < 1.29 is 9.59 Å². The van der Waals surface area contributed by atoms with Gasteiger partial charge >= 0.3 is 6.03 Å². The van der Waals surface area contributed by atoms with E-state index in [1.54, 1.807) is 13.0 Å². The van der Waals surface area contributed by atoms with Gasteiger partial charge in [0.2, 0.25) is 0 Å². The van der Waals surface area contributed by atoms with Crippen molar-refractivity contribution in [3.05, 3.63) is 41.7 Å². The normalized spacial score (nSPS) is 16.4. The van der Waals surface area contributed by atoms with E-state index in [1.807, 2.05) is 35.0 Å². The first-order valence-corrected chi connectivity index (χ1v) is 6.95. The molecular formula is C16H14N4O2. The molecule has 1 N–H and O–H groups in total. The predicted molar refractivity (Wildman–Crippen MR) is 81.4 cm³/mol. The van der Waals surface area contributed by atoms with Crippen molar-refractivity contribution in [3.8, 4) is 6.07 Å². The van der Waals surface area contributed by atoms with Gasteiger partial charge in [0.1, 0.15) is 12.2 Å². The fraction of sp³-hybridized carbons (Fsp3) is 0.188. The van der Waals surface area contributed by atoms with E-state index >= 15 is 0 Å². The molecular weight excluding hydrogens is 280 g/mol. The molecule has 110 valence electrons. The summed E-state index contributed by atoms with van der Waals surface area (Å²) in [6.45, 7) is 2.31. The van der Waals surface area contributed by atoms with Crippen LogP contribution >= 0.6 is 0 Å². The number of hydrogen-bond donors (Lipinski definition) is 1. The first-order chi connectivity index (χ1) is 10.7.